The Bertz CT molecular complexity index is 47.8. The van der Waals surface area contributed by atoms with Gasteiger partial charge in [-0.15, -0.1) is 0 Å². The highest BCUT2D eigenvalue weighted by molar-refractivity contribution is 4.60. The van der Waals surface area contributed by atoms with Gasteiger partial charge in [-0.25, -0.2) is 0 Å². The molecular weight excluding hydrogens is 102 g/mol. The number of methoxy groups -OCH3 is 1. The molecule has 0 saturated carbocycles. The molecule has 0 fully saturated rings. The lowest BCUT2D eigenvalue weighted by atomic mass is 10.2. The van der Waals surface area contributed by atoms with Crippen LogP contribution >= 0.6 is 0 Å². The normalized spacial score (nSPS) is 13.9. The highest BCUT2D eigenvalue weighted by atomic mass is 16.5. The van der Waals surface area contributed by atoms with Crippen LogP contribution in [0.5, 0.6) is 0 Å². The number of nitrogens with two attached hydrogens (primary N) is 1. The number of hydrogen-bond donors (Lipinski definition) is 1. The maximum Gasteiger partial charge on any atom is 0.0477 e. The van der Waals surface area contributed by atoms with Crippen molar-refractivity contribution in [2.45, 2.75) is 18.9 Å². The van der Waals surface area contributed by atoms with Crippen molar-refractivity contribution in [3.05, 3.63) is 6.92 Å². The molecule has 1 radical (unpaired) electrons. The fourth-order valence-corrected chi connectivity index (χ4v) is 0.414. The van der Waals surface area contributed by atoms with Crippen LogP contribution < -0.4 is 5.73 Å². The molecule has 0 aliphatic carbocycles. The highest BCUT2D eigenvalue weighted by Crippen LogP contribution is 1.91. The molecule has 0 bridgehead atoms. The molecule has 8 heavy (non-hydrogen) atoms. The molecule has 1 atom stereocenters. The van der Waals surface area contributed by atoms with E-state index in [1.807, 2.05) is 0 Å². The molecule has 0 rings (SSSR count). The molecule has 0 amide bonds. The van der Waals surface area contributed by atoms with Crippen molar-refractivity contribution < 1.29 is 4.74 Å². The maximum absolute atomic E-state index is 5.52. The van der Waals surface area contributed by atoms with Gasteiger partial charge in [0, 0.05) is 19.8 Å². The summed E-state index contributed by atoms with van der Waals surface area (Å²) in [5, 5.41) is 0. The fraction of sp³-hybridized carbons (Fsp3) is 0.833. The van der Waals surface area contributed by atoms with E-state index in [0.717, 1.165) is 19.4 Å². The van der Waals surface area contributed by atoms with Crippen LogP contribution in [0.1, 0.15) is 12.8 Å². The lowest BCUT2D eigenvalue weighted by Crippen LogP contribution is -2.20. The Balaban J connectivity index is 2.86. The molecule has 2 N–H and O–H groups in total. The summed E-state index contributed by atoms with van der Waals surface area (Å²) in [5.74, 6) is 0. The fourth-order valence-electron chi connectivity index (χ4n) is 0.414. The second-order valence-corrected chi connectivity index (χ2v) is 1.83. The van der Waals surface area contributed by atoms with Crippen molar-refractivity contribution in [3.63, 3.8) is 0 Å². The summed E-state index contributed by atoms with van der Waals surface area (Å²) in [6.45, 7) is 4.40. The van der Waals surface area contributed by atoms with Gasteiger partial charge in [0.25, 0.3) is 0 Å². The molecule has 0 spiro atoms. The molecule has 1 unspecified atom stereocenters. The van der Waals surface area contributed by atoms with Gasteiger partial charge in [-0.05, 0) is 12.8 Å². The zero-order valence-electron chi connectivity index (χ0n) is 5.39. The van der Waals surface area contributed by atoms with Crippen LogP contribution in [0.2, 0.25) is 0 Å². The van der Waals surface area contributed by atoms with E-state index in [-0.39, 0.29) is 6.04 Å². The molecule has 0 heterocycles. The van der Waals surface area contributed by atoms with Crippen LogP contribution in [0.3, 0.4) is 0 Å². The molecule has 2 heteroatoms. The van der Waals surface area contributed by atoms with Gasteiger partial charge < -0.3 is 10.5 Å². The standard InChI is InChI=1S/C6H14NO/c1-3-6(7)4-5-8-2/h6H,1,3-5,7H2,2H3. The van der Waals surface area contributed by atoms with Crippen molar-refractivity contribution in [2.75, 3.05) is 13.7 Å². The Kier molecular flexibility index (Phi) is 5.01. The summed E-state index contributed by atoms with van der Waals surface area (Å²) in [5.41, 5.74) is 5.52. The number of ether oxygens (including phenoxy) is 1. The van der Waals surface area contributed by atoms with E-state index >= 15 is 0 Å². The van der Waals surface area contributed by atoms with Gasteiger partial charge in [-0.2, -0.15) is 0 Å². The van der Waals surface area contributed by atoms with Gasteiger partial charge in [0.05, 0.1) is 0 Å². The quantitative estimate of drug-likeness (QED) is 0.583. The van der Waals surface area contributed by atoms with Gasteiger partial charge in [-0.1, -0.05) is 6.92 Å². The first-order chi connectivity index (χ1) is 3.81. The Morgan fingerprint density at radius 1 is 1.75 bits per heavy atom. The second kappa shape index (κ2) is 5.06. The summed E-state index contributed by atoms with van der Waals surface area (Å²) in [7, 11) is 1.68. The monoisotopic (exact) mass is 116 g/mol. The van der Waals surface area contributed by atoms with Gasteiger partial charge >= 0.3 is 0 Å². The lowest BCUT2D eigenvalue weighted by Gasteiger charge is -2.05. The smallest absolute Gasteiger partial charge is 0.0477 e. The van der Waals surface area contributed by atoms with Crippen LogP contribution in [0.15, 0.2) is 0 Å². The third kappa shape index (κ3) is 4.09. The summed E-state index contributed by atoms with van der Waals surface area (Å²) >= 11 is 0. The van der Waals surface area contributed by atoms with Gasteiger partial charge in [0.15, 0.2) is 0 Å². The highest BCUT2D eigenvalue weighted by Gasteiger charge is 1.95. The largest absolute Gasteiger partial charge is 0.385 e. The summed E-state index contributed by atoms with van der Waals surface area (Å²) < 4.78 is 4.81. The Morgan fingerprint density at radius 2 is 2.38 bits per heavy atom. The van der Waals surface area contributed by atoms with Crippen LogP contribution in [-0.4, -0.2) is 19.8 Å². The molecule has 2 nitrogen and oxygen atoms in total. The summed E-state index contributed by atoms with van der Waals surface area (Å²) in [6.07, 6.45) is 1.71. The average Bonchev–Trinajstić information content (AvgIpc) is 1.83. The first-order valence-electron chi connectivity index (χ1n) is 2.85. The molecule has 0 aromatic rings. The Morgan fingerprint density at radius 3 is 2.75 bits per heavy atom. The van der Waals surface area contributed by atoms with Crippen LogP contribution in [-0.2, 0) is 4.74 Å². The number of hydrogen-bond acceptors (Lipinski definition) is 2. The molecular formula is C6H14NO. The predicted molar refractivity (Wildman–Crippen MR) is 34.4 cm³/mol. The van der Waals surface area contributed by atoms with Gasteiger partial charge in [-0.3, -0.25) is 0 Å². The van der Waals surface area contributed by atoms with E-state index in [2.05, 4.69) is 6.92 Å². The molecule has 0 aromatic heterocycles. The van der Waals surface area contributed by atoms with E-state index in [1.54, 1.807) is 7.11 Å². The minimum Gasteiger partial charge on any atom is -0.385 e. The van der Waals surface area contributed by atoms with E-state index < -0.39 is 0 Å². The van der Waals surface area contributed by atoms with E-state index in [9.17, 15) is 0 Å². The van der Waals surface area contributed by atoms with Crippen LogP contribution in [0, 0.1) is 6.92 Å². The van der Waals surface area contributed by atoms with Crippen molar-refractivity contribution >= 4 is 0 Å². The molecule has 0 aliphatic rings. The van der Waals surface area contributed by atoms with Crippen LogP contribution in [0.25, 0.3) is 0 Å². The van der Waals surface area contributed by atoms with E-state index in [1.165, 1.54) is 0 Å². The zero-order chi connectivity index (χ0) is 6.41. The first-order valence-corrected chi connectivity index (χ1v) is 2.85. The van der Waals surface area contributed by atoms with Crippen molar-refractivity contribution in [1.82, 2.24) is 0 Å². The number of rotatable bonds is 4. The first kappa shape index (κ1) is 7.92. The topological polar surface area (TPSA) is 35.2 Å². The van der Waals surface area contributed by atoms with Gasteiger partial charge in [0.2, 0.25) is 0 Å². The molecule has 0 saturated heterocycles. The summed E-state index contributed by atoms with van der Waals surface area (Å²) in [4.78, 5) is 0. The molecule has 0 aliphatic heterocycles. The van der Waals surface area contributed by atoms with Crippen LogP contribution in [0.4, 0.5) is 0 Å². The third-order valence-electron chi connectivity index (χ3n) is 1.06. The van der Waals surface area contributed by atoms with Crippen molar-refractivity contribution in [2.24, 2.45) is 5.73 Å². The average molecular weight is 116 g/mol. The van der Waals surface area contributed by atoms with Crippen molar-refractivity contribution in [3.8, 4) is 0 Å². The van der Waals surface area contributed by atoms with E-state index in [0.29, 0.717) is 0 Å². The predicted octanol–water partition coefficient (Wildman–Crippen LogP) is 0.574. The van der Waals surface area contributed by atoms with Gasteiger partial charge in [0.1, 0.15) is 0 Å². The summed E-state index contributed by atoms with van der Waals surface area (Å²) in [6, 6.07) is 0.218. The molecule has 49 valence electrons. The maximum atomic E-state index is 5.52. The van der Waals surface area contributed by atoms with E-state index in [4.69, 9.17) is 10.5 Å². The SMILES string of the molecule is [CH2]CC(N)CCOC. The minimum atomic E-state index is 0.218. The third-order valence-corrected chi connectivity index (χ3v) is 1.06. The lowest BCUT2D eigenvalue weighted by molar-refractivity contribution is 0.188. The zero-order valence-corrected chi connectivity index (χ0v) is 5.39. The molecule has 0 aromatic carbocycles. The second-order valence-electron chi connectivity index (χ2n) is 1.83. The Labute approximate surface area is 51.0 Å². The Hall–Kier alpha value is -0.0800. The van der Waals surface area contributed by atoms with Crippen molar-refractivity contribution in [1.29, 1.82) is 0 Å². The minimum absolute atomic E-state index is 0.218.